The summed E-state index contributed by atoms with van der Waals surface area (Å²) in [6.45, 7) is 4.50. The van der Waals surface area contributed by atoms with Crippen molar-refractivity contribution in [2.45, 2.75) is 32.0 Å². The van der Waals surface area contributed by atoms with Gasteiger partial charge in [-0.05, 0) is 37.5 Å². The van der Waals surface area contributed by atoms with Crippen molar-refractivity contribution in [3.05, 3.63) is 29.8 Å². The number of amides is 1. The number of ether oxygens (including phenoxy) is 2. The Morgan fingerprint density at radius 1 is 1.38 bits per heavy atom. The van der Waals surface area contributed by atoms with Gasteiger partial charge in [0.25, 0.3) is 0 Å². The minimum Gasteiger partial charge on any atom is -0.494 e. The van der Waals surface area contributed by atoms with Crippen molar-refractivity contribution < 1.29 is 14.3 Å². The Balaban J connectivity index is 1.71. The van der Waals surface area contributed by atoms with Crippen molar-refractivity contribution in [3.63, 3.8) is 0 Å². The molecule has 1 aromatic carbocycles. The number of rotatable bonds is 5. The highest BCUT2D eigenvalue weighted by atomic mass is 16.5. The molecule has 0 bridgehead atoms. The van der Waals surface area contributed by atoms with E-state index in [0.29, 0.717) is 19.7 Å². The topological polar surface area (TPSA) is 50.8 Å². The number of benzene rings is 1. The van der Waals surface area contributed by atoms with E-state index >= 15 is 0 Å². The van der Waals surface area contributed by atoms with Crippen molar-refractivity contribution >= 4 is 5.91 Å². The van der Waals surface area contributed by atoms with Gasteiger partial charge in [0.05, 0.1) is 19.3 Å². The third-order valence-electron chi connectivity index (χ3n) is 4.01. The quantitative estimate of drug-likeness (QED) is 0.896. The predicted octanol–water partition coefficient (Wildman–Crippen LogP) is 1.69. The zero-order valence-electron chi connectivity index (χ0n) is 12.4. The maximum atomic E-state index is 12.1. The lowest BCUT2D eigenvalue weighted by Gasteiger charge is -2.27. The van der Waals surface area contributed by atoms with Gasteiger partial charge in [-0.1, -0.05) is 12.1 Å². The monoisotopic (exact) mass is 290 g/mol. The molecule has 2 heterocycles. The second-order valence-electron chi connectivity index (χ2n) is 5.47. The minimum absolute atomic E-state index is 0.0580. The van der Waals surface area contributed by atoms with Crippen LogP contribution in [0, 0.1) is 0 Å². The molecule has 1 aromatic rings. The first-order valence-electron chi connectivity index (χ1n) is 7.65. The number of carbonyl (C=O) groups is 1. The molecule has 3 rings (SSSR count). The first kappa shape index (κ1) is 14.4. The van der Waals surface area contributed by atoms with Crippen LogP contribution in [0.4, 0.5) is 0 Å². The van der Waals surface area contributed by atoms with Crippen LogP contribution in [0.3, 0.4) is 0 Å². The van der Waals surface area contributed by atoms with Crippen molar-refractivity contribution in [1.82, 2.24) is 10.2 Å². The average molecular weight is 290 g/mol. The van der Waals surface area contributed by atoms with Crippen LogP contribution in [0.1, 0.15) is 31.5 Å². The van der Waals surface area contributed by atoms with Gasteiger partial charge in [-0.2, -0.15) is 0 Å². The molecule has 21 heavy (non-hydrogen) atoms. The fourth-order valence-electron chi connectivity index (χ4n) is 2.97. The molecular formula is C16H22N2O3. The van der Waals surface area contributed by atoms with Crippen LogP contribution < -0.4 is 10.1 Å². The van der Waals surface area contributed by atoms with E-state index in [-0.39, 0.29) is 18.2 Å². The summed E-state index contributed by atoms with van der Waals surface area (Å²) in [6.07, 6.45) is 2.25. The molecular weight excluding hydrogens is 268 g/mol. The Morgan fingerprint density at radius 2 is 2.19 bits per heavy atom. The van der Waals surface area contributed by atoms with Gasteiger partial charge in [0, 0.05) is 13.2 Å². The van der Waals surface area contributed by atoms with Crippen LogP contribution in [0.5, 0.6) is 5.75 Å². The molecule has 1 amide bonds. The van der Waals surface area contributed by atoms with E-state index in [1.807, 2.05) is 36.1 Å². The van der Waals surface area contributed by atoms with E-state index in [9.17, 15) is 4.79 Å². The summed E-state index contributed by atoms with van der Waals surface area (Å²) in [6, 6.07) is 7.94. The van der Waals surface area contributed by atoms with E-state index in [4.69, 9.17) is 9.47 Å². The van der Waals surface area contributed by atoms with Gasteiger partial charge < -0.3 is 14.4 Å². The molecule has 2 fully saturated rings. The highest BCUT2D eigenvalue weighted by molar-refractivity contribution is 5.81. The lowest BCUT2D eigenvalue weighted by molar-refractivity contribution is -0.129. The van der Waals surface area contributed by atoms with E-state index in [2.05, 4.69) is 5.32 Å². The van der Waals surface area contributed by atoms with Crippen LogP contribution in [-0.4, -0.2) is 43.2 Å². The summed E-state index contributed by atoms with van der Waals surface area (Å²) in [4.78, 5) is 14.0. The maximum Gasteiger partial charge on any atom is 0.238 e. The number of hydrogen-bond acceptors (Lipinski definition) is 4. The van der Waals surface area contributed by atoms with Crippen molar-refractivity contribution in [1.29, 1.82) is 0 Å². The van der Waals surface area contributed by atoms with E-state index in [0.717, 1.165) is 30.8 Å². The van der Waals surface area contributed by atoms with Crippen LogP contribution in [0.2, 0.25) is 0 Å². The van der Waals surface area contributed by atoms with Gasteiger partial charge in [-0.15, -0.1) is 0 Å². The molecule has 0 saturated carbocycles. The van der Waals surface area contributed by atoms with Crippen LogP contribution >= 0.6 is 0 Å². The molecule has 5 heteroatoms. The minimum atomic E-state index is -0.0580. The lowest BCUT2D eigenvalue weighted by atomic mass is 10.1. The fraction of sp³-hybridized carbons (Fsp3) is 0.562. The zero-order valence-corrected chi connectivity index (χ0v) is 12.4. The van der Waals surface area contributed by atoms with Crippen molar-refractivity contribution in [3.8, 4) is 5.75 Å². The molecule has 1 N–H and O–H groups in total. The normalized spacial score (nSPS) is 25.6. The second kappa shape index (κ2) is 6.45. The summed E-state index contributed by atoms with van der Waals surface area (Å²) < 4.78 is 11.1. The molecule has 114 valence electrons. The van der Waals surface area contributed by atoms with Gasteiger partial charge in [0.2, 0.25) is 5.91 Å². The van der Waals surface area contributed by atoms with Gasteiger partial charge >= 0.3 is 0 Å². The van der Waals surface area contributed by atoms with E-state index < -0.39 is 0 Å². The van der Waals surface area contributed by atoms with E-state index in [1.54, 1.807) is 0 Å². The van der Waals surface area contributed by atoms with Gasteiger partial charge in [0.1, 0.15) is 11.9 Å². The van der Waals surface area contributed by atoms with Gasteiger partial charge in [-0.25, -0.2) is 0 Å². The van der Waals surface area contributed by atoms with Crippen LogP contribution in [-0.2, 0) is 9.53 Å². The molecule has 2 unspecified atom stereocenters. The molecule has 5 nitrogen and oxygen atoms in total. The Labute approximate surface area is 125 Å². The van der Waals surface area contributed by atoms with Crippen molar-refractivity contribution in [2.24, 2.45) is 0 Å². The summed E-state index contributed by atoms with van der Waals surface area (Å²) in [5.74, 6) is 1.00. The number of nitrogens with one attached hydrogen (secondary N) is 1. The Bertz CT molecular complexity index is 483. The molecule has 0 spiro atoms. The molecule has 0 aliphatic carbocycles. The second-order valence-corrected chi connectivity index (χ2v) is 5.47. The first-order valence-corrected chi connectivity index (χ1v) is 7.65. The molecule has 0 radical (unpaired) electrons. The summed E-state index contributed by atoms with van der Waals surface area (Å²) in [5, 5.41) is 3.28. The fourth-order valence-corrected chi connectivity index (χ4v) is 2.97. The standard InChI is InChI=1S/C16H22N2O3/c1-2-20-13-7-5-12(6-8-13)16-17-10-15(19)18(16)11-14-4-3-9-21-14/h5-8,14,16-17H,2-4,9-11H2,1H3. The largest absolute Gasteiger partial charge is 0.494 e. The molecule has 0 aromatic heterocycles. The first-order chi connectivity index (χ1) is 10.3. The third kappa shape index (κ3) is 3.19. The average Bonchev–Trinajstić information content (AvgIpc) is 3.12. The number of carbonyl (C=O) groups excluding carboxylic acids is 1. The molecule has 2 saturated heterocycles. The molecule has 2 aliphatic rings. The van der Waals surface area contributed by atoms with Crippen LogP contribution in [0.25, 0.3) is 0 Å². The SMILES string of the molecule is CCOc1ccc(C2NCC(=O)N2CC2CCCO2)cc1. The predicted molar refractivity (Wildman–Crippen MR) is 79.0 cm³/mol. The third-order valence-corrected chi connectivity index (χ3v) is 4.01. The molecule has 2 aliphatic heterocycles. The smallest absolute Gasteiger partial charge is 0.238 e. The highest BCUT2D eigenvalue weighted by Gasteiger charge is 2.34. The van der Waals surface area contributed by atoms with Crippen LogP contribution in [0.15, 0.2) is 24.3 Å². The van der Waals surface area contributed by atoms with E-state index in [1.165, 1.54) is 0 Å². The molecule has 2 atom stereocenters. The summed E-state index contributed by atoms with van der Waals surface area (Å²) >= 11 is 0. The van der Waals surface area contributed by atoms with Gasteiger partial charge in [-0.3, -0.25) is 10.1 Å². The Hall–Kier alpha value is -1.59. The summed E-state index contributed by atoms with van der Waals surface area (Å²) in [7, 11) is 0. The zero-order chi connectivity index (χ0) is 14.7. The number of hydrogen-bond donors (Lipinski definition) is 1. The van der Waals surface area contributed by atoms with Crippen molar-refractivity contribution in [2.75, 3.05) is 26.3 Å². The lowest BCUT2D eigenvalue weighted by Crippen LogP contribution is -2.36. The maximum absolute atomic E-state index is 12.1. The Kier molecular flexibility index (Phi) is 4.41. The number of nitrogens with zero attached hydrogens (tertiary/aromatic N) is 1. The highest BCUT2D eigenvalue weighted by Crippen LogP contribution is 2.26. The Morgan fingerprint density at radius 3 is 2.86 bits per heavy atom. The summed E-state index contributed by atoms with van der Waals surface area (Å²) in [5.41, 5.74) is 1.09. The van der Waals surface area contributed by atoms with Gasteiger partial charge in [0.15, 0.2) is 0 Å².